The molecular weight excluding hydrogens is 454 g/mol. The third kappa shape index (κ3) is 4.25. The van der Waals surface area contributed by atoms with Crippen LogP contribution in [-0.4, -0.2) is 27.6 Å². The number of nitrogens with zero attached hydrogens (tertiary/aromatic N) is 2. The Hall–Kier alpha value is -2.70. The molecule has 1 aromatic heterocycles. The quantitative estimate of drug-likeness (QED) is 0.501. The fraction of sp³-hybridized carbons (Fsp3) is 0.312. The molecule has 0 aliphatic heterocycles. The van der Waals surface area contributed by atoms with E-state index in [0.717, 1.165) is 25.1 Å². The minimum absolute atomic E-state index is 0.0328. The predicted octanol–water partition coefficient (Wildman–Crippen LogP) is 5.20. The van der Waals surface area contributed by atoms with E-state index in [4.69, 9.17) is 11.6 Å². The predicted molar refractivity (Wildman–Crippen MR) is 87.6 cm³/mol. The molecule has 14 heteroatoms. The molecule has 1 amide bonds. The molecule has 2 rings (SSSR count). The van der Waals surface area contributed by atoms with Crippen LogP contribution in [0.25, 0.3) is 0 Å². The number of amides is 1. The number of hydrogen-bond acceptors (Lipinski definition) is 3. The largest absolute Gasteiger partial charge is 0.459 e. The summed E-state index contributed by atoms with van der Waals surface area (Å²) >= 11 is 5.76. The first-order valence-corrected chi connectivity index (χ1v) is 8.07. The lowest BCUT2D eigenvalue weighted by atomic mass is 10.1. The van der Waals surface area contributed by atoms with E-state index in [1.807, 2.05) is 5.32 Å². The van der Waals surface area contributed by atoms with Crippen molar-refractivity contribution < 1.29 is 44.7 Å². The van der Waals surface area contributed by atoms with Gasteiger partial charge in [-0.15, -0.1) is 0 Å². The SMILES string of the molecule is CC(=O)c1cc(NC(=O)c2c(C(F)(F)F)c(C(F)(F)C(F)(F)F)nn2C)ccc1Cl. The molecule has 2 aromatic rings. The van der Waals surface area contributed by atoms with Crippen molar-refractivity contribution in [1.29, 1.82) is 0 Å². The second kappa shape index (κ2) is 7.52. The van der Waals surface area contributed by atoms with E-state index >= 15 is 0 Å². The molecule has 0 aliphatic rings. The number of alkyl halides is 8. The van der Waals surface area contributed by atoms with Crippen LogP contribution >= 0.6 is 11.6 Å². The van der Waals surface area contributed by atoms with Gasteiger partial charge in [0.15, 0.2) is 11.5 Å². The van der Waals surface area contributed by atoms with Crippen molar-refractivity contribution >= 4 is 29.0 Å². The molecule has 1 heterocycles. The molecular formula is C16H10ClF8N3O2. The van der Waals surface area contributed by atoms with E-state index in [2.05, 4.69) is 5.10 Å². The molecule has 1 N–H and O–H groups in total. The standard InChI is InChI=1S/C16H10ClF8N3O2/c1-6(29)8-5-7(3-4-9(8)17)26-13(30)11-10(15(20,21)22)12(27-28(11)2)14(18,19)16(23,24)25/h3-5H,1-2H3,(H,26,30). The molecule has 0 saturated heterocycles. The third-order valence-corrected chi connectivity index (χ3v) is 4.13. The smallest absolute Gasteiger partial charge is 0.321 e. The minimum atomic E-state index is -6.39. The number of aryl methyl sites for hydroxylation is 1. The Morgan fingerprint density at radius 2 is 1.63 bits per heavy atom. The first-order valence-electron chi connectivity index (χ1n) is 7.69. The number of benzene rings is 1. The van der Waals surface area contributed by atoms with Gasteiger partial charge in [0.2, 0.25) is 0 Å². The number of carbonyl (C=O) groups is 2. The maximum atomic E-state index is 13.6. The van der Waals surface area contributed by atoms with Crippen LogP contribution in [0.1, 0.15) is 39.0 Å². The third-order valence-electron chi connectivity index (χ3n) is 3.80. The van der Waals surface area contributed by atoms with Crippen LogP contribution in [0.4, 0.5) is 40.8 Å². The summed E-state index contributed by atoms with van der Waals surface area (Å²) in [6.45, 7) is 1.11. The van der Waals surface area contributed by atoms with Crippen molar-refractivity contribution in [3.05, 3.63) is 45.7 Å². The Morgan fingerprint density at radius 3 is 2.10 bits per heavy atom. The van der Waals surface area contributed by atoms with Gasteiger partial charge in [-0.1, -0.05) is 11.6 Å². The van der Waals surface area contributed by atoms with Gasteiger partial charge in [-0.25, -0.2) is 0 Å². The van der Waals surface area contributed by atoms with Gasteiger partial charge in [0.05, 0.1) is 5.02 Å². The highest BCUT2D eigenvalue weighted by Crippen LogP contribution is 2.48. The summed E-state index contributed by atoms with van der Waals surface area (Å²) in [7, 11) is 0.600. The topological polar surface area (TPSA) is 64.0 Å². The van der Waals surface area contributed by atoms with Crippen LogP contribution in [0.2, 0.25) is 5.02 Å². The summed E-state index contributed by atoms with van der Waals surface area (Å²) < 4.78 is 105. The van der Waals surface area contributed by atoms with Crippen molar-refractivity contribution in [2.24, 2.45) is 7.05 Å². The average molecular weight is 464 g/mol. The van der Waals surface area contributed by atoms with E-state index in [9.17, 15) is 44.7 Å². The summed E-state index contributed by atoms with van der Waals surface area (Å²) in [5.41, 5.74) is -7.14. The van der Waals surface area contributed by atoms with Gasteiger partial charge in [0, 0.05) is 18.3 Å². The summed E-state index contributed by atoms with van der Waals surface area (Å²) in [5.74, 6) is -8.21. The van der Waals surface area contributed by atoms with Crippen molar-refractivity contribution in [2.75, 3.05) is 5.32 Å². The summed E-state index contributed by atoms with van der Waals surface area (Å²) in [4.78, 5) is 23.8. The zero-order chi connectivity index (χ0) is 23.2. The van der Waals surface area contributed by atoms with Crippen LogP contribution in [0.15, 0.2) is 18.2 Å². The molecule has 0 saturated carbocycles. The van der Waals surface area contributed by atoms with Crippen LogP contribution in [0, 0.1) is 0 Å². The maximum Gasteiger partial charge on any atom is 0.459 e. The van der Waals surface area contributed by atoms with Gasteiger partial charge < -0.3 is 5.32 Å². The number of hydrogen-bond donors (Lipinski definition) is 1. The minimum Gasteiger partial charge on any atom is -0.321 e. The molecule has 5 nitrogen and oxygen atoms in total. The molecule has 0 fully saturated rings. The van der Waals surface area contributed by atoms with E-state index in [0.29, 0.717) is 7.05 Å². The number of ketones is 1. The summed E-state index contributed by atoms with van der Waals surface area (Å²) in [5, 5.41) is 4.49. The monoisotopic (exact) mass is 463 g/mol. The van der Waals surface area contributed by atoms with Gasteiger partial charge in [0.1, 0.15) is 11.3 Å². The highest BCUT2D eigenvalue weighted by Gasteiger charge is 2.64. The van der Waals surface area contributed by atoms with E-state index < -0.39 is 46.9 Å². The first-order chi connectivity index (χ1) is 13.5. The van der Waals surface area contributed by atoms with Crippen molar-refractivity contribution in [3.63, 3.8) is 0 Å². The van der Waals surface area contributed by atoms with Crippen molar-refractivity contribution in [2.45, 2.75) is 25.2 Å². The van der Waals surface area contributed by atoms with Gasteiger partial charge in [-0.3, -0.25) is 14.3 Å². The van der Waals surface area contributed by atoms with Crippen LogP contribution in [0.5, 0.6) is 0 Å². The van der Waals surface area contributed by atoms with Gasteiger partial charge in [0.25, 0.3) is 5.91 Å². The Labute approximate surface area is 167 Å². The summed E-state index contributed by atoms with van der Waals surface area (Å²) in [6.07, 6.45) is -12.2. The zero-order valence-corrected chi connectivity index (χ0v) is 15.6. The number of carbonyl (C=O) groups excluding carboxylic acids is 2. The van der Waals surface area contributed by atoms with Crippen molar-refractivity contribution in [1.82, 2.24) is 9.78 Å². The number of rotatable bonds is 4. The second-order valence-corrected chi connectivity index (χ2v) is 6.38. The lowest BCUT2D eigenvalue weighted by Gasteiger charge is -2.19. The molecule has 0 aliphatic carbocycles. The lowest BCUT2D eigenvalue weighted by Crippen LogP contribution is -2.36. The average Bonchev–Trinajstić information content (AvgIpc) is 2.93. The highest BCUT2D eigenvalue weighted by molar-refractivity contribution is 6.34. The number of Topliss-reactive ketones (excluding diaryl/α,β-unsaturated/α-hetero) is 1. The fourth-order valence-electron chi connectivity index (χ4n) is 2.47. The normalized spacial score (nSPS) is 12.8. The molecule has 30 heavy (non-hydrogen) atoms. The van der Waals surface area contributed by atoms with E-state index in [-0.39, 0.29) is 21.0 Å². The molecule has 0 atom stereocenters. The Kier molecular flexibility index (Phi) is 5.91. The number of anilines is 1. The highest BCUT2D eigenvalue weighted by atomic mass is 35.5. The summed E-state index contributed by atoms with van der Waals surface area (Å²) in [6, 6.07) is 3.21. The number of halogens is 9. The van der Waals surface area contributed by atoms with E-state index in [1.54, 1.807) is 0 Å². The van der Waals surface area contributed by atoms with Gasteiger partial charge in [-0.05, 0) is 25.1 Å². The van der Waals surface area contributed by atoms with Gasteiger partial charge >= 0.3 is 18.3 Å². The second-order valence-electron chi connectivity index (χ2n) is 5.97. The molecule has 0 radical (unpaired) electrons. The Balaban J connectivity index is 2.61. The Morgan fingerprint density at radius 1 is 1.07 bits per heavy atom. The zero-order valence-electron chi connectivity index (χ0n) is 14.8. The molecule has 164 valence electrons. The molecule has 0 unspecified atom stereocenters. The number of aromatic nitrogens is 2. The molecule has 0 spiro atoms. The maximum absolute atomic E-state index is 13.6. The van der Waals surface area contributed by atoms with Crippen molar-refractivity contribution in [3.8, 4) is 0 Å². The van der Waals surface area contributed by atoms with Crippen LogP contribution in [-0.2, 0) is 19.1 Å². The lowest BCUT2D eigenvalue weighted by molar-refractivity contribution is -0.292. The van der Waals surface area contributed by atoms with E-state index in [1.165, 1.54) is 0 Å². The first kappa shape index (κ1) is 23.6. The Bertz CT molecular complexity index is 1010. The van der Waals surface area contributed by atoms with Crippen LogP contribution < -0.4 is 5.32 Å². The number of nitrogens with one attached hydrogen (secondary N) is 1. The van der Waals surface area contributed by atoms with Crippen LogP contribution in [0.3, 0.4) is 0 Å². The molecule has 0 bridgehead atoms. The van der Waals surface area contributed by atoms with Gasteiger partial charge in [-0.2, -0.15) is 40.2 Å². The fourth-order valence-corrected chi connectivity index (χ4v) is 2.72. The molecule has 1 aromatic carbocycles.